The molecule has 0 spiro atoms. The summed E-state index contributed by atoms with van der Waals surface area (Å²) in [7, 11) is 0. The van der Waals surface area contributed by atoms with Crippen LogP contribution < -0.4 is 0 Å². The molecular formula is C4H2N2O2. The zero-order valence-corrected chi connectivity index (χ0v) is 3.87. The first kappa shape index (κ1) is 4.83. The van der Waals surface area contributed by atoms with Gasteiger partial charge in [-0.25, -0.2) is 4.79 Å². The highest BCUT2D eigenvalue weighted by Crippen LogP contribution is 1.83. The van der Waals surface area contributed by atoms with Gasteiger partial charge in [0.2, 0.25) is 5.78 Å². The van der Waals surface area contributed by atoms with E-state index in [1.165, 1.54) is 0 Å². The average molecular weight is 110 g/mol. The summed E-state index contributed by atoms with van der Waals surface area (Å²) < 4.78 is 0. The summed E-state index contributed by atoms with van der Waals surface area (Å²) >= 11 is 0. The van der Waals surface area contributed by atoms with Crippen molar-refractivity contribution in [2.75, 3.05) is 0 Å². The summed E-state index contributed by atoms with van der Waals surface area (Å²) in [5.74, 6) is -0.343. The molecule has 0 bridgehead atoms. The van der Waals surface area contributed by atoms with Crippen LogP contribution >= 0.6 is 0 Å². The van der Waals surface area contributed by atoms with E-state index < -0.39 is 6.03 Å². The molecule has 0 aromatic rings. The van der Waals surface area contributed by atoms with Crippen LogP contribution in [-0.2, 0) is 4.79 Å². The van der Waals surface area contributed by atoms with E-state index in [1.807, 2.05) is 0 Å². The molecule has 8 heavy (non-hydrogen) atoms. The van der Waals surface area contributed by atoms with Gasteiger partial charge in [0, 0.05) is 0 Å². The molecule has 0 aromatic heterocycles. The van der Waals surface area contributed by atoms with Gasteiger partial charge < -0.3 is 0 Å². The molecule has 0 fully saturated rings. The molecular weight excluding hydrogens is 108 g/mol. The van der Waals surface area contributed by atoms with Crippen molar-refractivity contribution in [3.05, 3.63) is 0 Å². The third-order valence-electron chi connectivity index (χ3n) is 0.604. The number of Topliss-reactive ketones (excluding diaryl/α,β-unsaturated/α-hetero) is 1. The van der Waals surface area contributed by atoms with Crippen molar-refractivity contribution >= 4 is 24.2 Å². The van der Waals surface area contributed by atoms with Crippen molar-refractivity contribution in [3.63, 3.8) is 0 Å². The first-order valence-electron chi connectivity index (χ1n) is 1.95. The Balaban J connectivity index is 2.83. The first-order chi connectivity index (χ1) is 3.79. The number of carbonyl (C=O) groups is 2. The zero-order valence-electron chi connectivity index (χ0n) is 3.87. The maximum atomic E-state index is 10.2. The second-order valence-electron chi connectivity index (χ2n) is 1.20. The van der Waals surface area contributed by atoms with E-state index in [1.54, 1.807) is 0 Å². The minimum Gasteiger partial charge on any atom is -0.286 e. The number of aliphatic imine (C=N–C) groups is 2. The first-order valence-corrected chi connectivity index (χ1v) is 1.95. The second-order valence-corrected chi connectivity index (χ2v) is 1.20. The van der Waals surface area contributed by atoms with Crippen LogP contribution in [0.25, 0.3) is 0 Å². The maximum Gasteiger partial charge on any atom is 0.367 e. The summed E-state index contributed by atoms with van der Waals surface area (Å²) in [5, 5.41) is 0. The molecule has 0 saturated heterocycles. The highest BCUT2D eigenvalue weighted by atomic mass is 16.2. The van der Waals surface area contributed by atoms with Gasteiger partial charge in [0.05, 0.1) is 12.4 Å². The van der Waals surface area contributed by atoms with Gasteiger partial charge in [-0.15, -0.1) is 0 Å². The lowest BCUT2D eigenvalue weighted by molar-refractivity contribution is -0.106. The summed E-state index contributed by atoms with van der Waals surface area (Å²) in [6, 6.07) is -0.621. The van der Waals surface area contributed by atoms with E-state index in [0.717, 1.165) is 12.4 Å². The fourth-order valence-electron chi connectivity index (χ4n) is 0.304. The van der Waals surface area contributed by atoms with E-state index >= 15 is 0 Å². The standard InChI is InChI=1S/C4H2N2O2/c7-3-1-5-4(8)6-2-3/h1-2H. The van der Waals surface area contributed by atoms with Crippen LogP contribution in [0, 0.1) is 0 Å². The molecule has 0 aliphatic carbocycles. The third-order valence-corrected chi connectivity index (χ3v) is 0.604. The third kappa shape index (κ3) is 0.841. The van der Waals surface area contributed by atoms with Crippen LogP contribution in [0.5, 0.6) is 0 Å². The molecule has 0 atom stereocenters. The Kier molecular flexibility index (Phi) is 0.997. The quantitative estimate of drug-likeness (QED) is 0.434. The Morgan fingerprint density at radius 2 is 1.62 bits per heavy atom. The molecule has 0 unspecified atom stereocenters. The van der Waals surface area contributed by atoms with Gasteiger partial charge in [0.1, 0.15) is 0 Å². The zero-order chi connectivity index (χ0) is 5.98. The lowest BCUT2D eigenvalue weighted by Gasteiger charge is -1.86. The number of ketones is 1. The normalized spacial score (nSPS) is 17.5. The van der Waals surface area contributed by atoms with Gasteiger partial charge in [-0.3, -0.25) is 4.79 Å². The molecule has 0 N–H and O–H groups in total. The van der Waals surface area contributed by atoms with Gasteiger partial charge in [-0.1, -0.05) is 0 Å². The predicted molar refractivity (Wildman–Crippen MR) is 27.4 cm³/mol. The van der Waals surface area contributed by atoms with Crippen LogP contribution in [0.1, 0.15) is 0 Å². The summed E-state index contributed by atoms with van der Waals surface area (Å²) in [5.41, 5.74) is 0. The molecule has 1 aliphatic rings. The largest absolute Gasteiger partial charge is 0.367 e. The molecule has 0 radical (unpaired) electrons. The van der Waals surface area contributed by atoms with Crippen LogP contribution in [0.2, 0.25) is 0 Å². The van der Waals surface area contributed by atoms with E-state index in [-0.39, 0.29) is 5.78 Å². The molecule has 1 rings (SSSR count). The van der Waals surface area contributed by atoms with Gasteiger partial charge in [-0.05, 0) is 0 Å². The molecule has 1 heterocycles. The molecule has 0 saturated carbocycles. The number of amides is 2. The molecule has 1 aliphatic heterocycles. The number of nitrogens with zero attached hydrogens (tertiary/aromatic N) is 2. The van der Waals surface area contributed by atoms with Gasteiger partial charge in [0.25, 0.3) is 0 Å². The van der Waals surface area contributed by atoms with Crippen molar-refractivity contribution in [2.24, 2.45) is 9.98 Å². The minimum atomic E-state index is -0.621. The summed E-state index contributed by atoms with van der Waals surface area (Å²) in [6.07, 6.45) is 1.88. The number of hydrogen-bond donors (Lipinski definition) is 0. The molecule has 40 valence electrons. The number of carbonyl (C=O) groups excluding carboxylic acids is 2. The topological polar surface area (TPSA) is 58.9 Å². The highest BCUT2D eigenvalue weighted by Gasteiger charge is 2.00. The van der Waals surface area contributed by atoms with E-state index in [2.05, 4.69) is 9.98 Å². The lowest BCUT2D eigenvalue weighted by atomic mass is 10.4. The van der Waals surface area contributed by atoms with Gasteiger partial charge in [0.15, 0.2) is 0 Å². The Morgan fingerprint density at radius 3 is 2.00 bits per heavy atom. The van der Waals surface area contributed by atoms with Crippen molar-refractivity contribution in [3.8, 4) is 0 Å². The Hall–Kier alpha value is -1.32. The second kappa shape index (κ2) is 1.65. The highest BCUT2D eigenvalue weighted by molar-refractivity contribution is 6.55. The number of urea groups is 1. The predicted octanol–water partition coefficient (Wildman–Crippen LogP) is -0.169. The lowest BCUT2D eigenvalue weighted by Crippen LogP contribution is -2.07. The van der Waals surface area contributed by atoms with Crippen LogP contribution in [0.4, 0.5) is 4.79 Å². The molecule has 0 aromatic carbocycles. The van der Waals surface area contributed by atoms with Crippen molar-refractivity contribution in [2.45, 2.75) is 0 Å². The van der Waals surface area contributed by atoms with Crippen LogP contribution in [0.3, 0.4) is 0 Å². The Bertz CT molecular complexity index is 154. The monoisotopic (exact) mass is 110 g/mol. The van der Waals surface area contributed by atoms with Crippen LogP contribution in [0.15, 0.2) is 9.98 Å². The van der Waals surface area contributed by atoms with Crippen molar-refractivity contribution in [1.82, 2.24) is 0 Å². The molecule has 4 heteroatoms. The van der Waals surface area contributed by atoms with Gasteiger partial charge >= 0.3 is 6.03 Å². The van der Waals surface area contributed by atoms with E-state index in [4.69, 9.17) is 0 Å². The van der Waals surface area contributed by atoms with E-state index in [9.17, 15) is 9.59 Å². The Morgan fingerprint density at radius 1 is 1.12 bits per heavy atom. The molecule has 2 amide bonds. The summed E-state index contributed by atoms with van der Waals surface area (Å²) in [6.45, 7) is 0. The van der Waals surface area contributed by atoms with Gasteiger partial charge in [-0.2, -0.15) is 9.98 Å². The fourth-order valence-corrected chi connectivity index (χ4v) is 0.304. The minimum absolute atomic E-state index is 0.343. The number of rotatable bonds is 0. The number of hydrogen-bond acceptors (Lipinski definition) is 2. The summed E-state index contributed by atoms with van der Waals surface area (Å²) in [4.78, 5) is 26.4. The average Bonchev–Trinajstić information content (AvgIpc) is 1.77. The van der Waals surface area contributed by atoms with Crippen LogP contribution in [-0.4, -0.2) is 24.2 Å². The maximum absolute atomic E-state index is 10.2. The van der Waals surface area contributed by atoms with Crippen molar-refractivity contribution in [1.29, 1.82) is 0 Å². The smallest absolute Gasteiger partial charge is 0.286 e. The Labute approximate surface area is 44.9 Å². The van der Waals surface area contributed by atoms with E-state index in [0.29, 0.717) is 0 Å². The fraction of sp³-hybridized carbons (Fsp3) is 0. The SMILES string of the molecule is O=C1C=NC(=O)N=C1. The molecule has 4 nitrogen and oxygen atoms in total. The van der Waals surface area contributed by atoms with Crippen molar-refractivity contribution < 1.29 is 9.59 Å².